The van der Waals surface area contributed by atoms with Crippen molar-refractivity contribution >= 4 is 76.7 Å². The van der Waals surface area contributed by atoms with Gasteiger partial charge in [0.05, 0.1) is 38.0 Å². The summed E-state index contributed by atoms with van der Waals surface area (Å²) in [7, 11) is -8.41. The van der Waals surface area contributed by atoms with Gasteiger partial charge in [-0.2, -0.15) is 8.42 Å². The highest BCUT2D eigenvalue weighted by Crippen LogP contribution is 2.50. The van der Waals surface area contributed by atoms with Gasteiger partial charge in [-0.05, 0) is 59.5 Å². The first-order valence-electron chi connectivity index (χ1n) is 14.8. The van der Waals surface area contributed by atoms with Crippen molar-refractivity contribution < 1.29 is 30.8 Å². The summed E-state index contributed by atoms with van der Waals surface area (Å²) in [5.74, 6) is -0.718. The first kappa shape index (κ1) is 32.1. The number of anilines is 1. The normalized spacial score (nSPS) is 19.5. The van der Waals surface area contributed by atoms with E-state index in [1.54, 1.807) is 23.5 Å². The van der Waals surface area contributed by atoms with Crippen molar-refractivity contribution in [2.45, 2.75) is 41.4 Å². The molecule has 0 radical (unpaired) electrons. The van der Waals surface area contributed by atoms with E-state index in [0.717, 1.165) is 64.6 Å². The average Bonchev–Trinajstić information content (AvgIpc) is 3.53. The maximum absolute atomic E-state index is 11.6. The summed E-state index contributed by atoms with van der Waals surface area (Å²) in [5.41, 5.74) is 3.26. The van der Waals surface area contributed by atoms with Crippen LogP contribution in [0.3, 0.4) is 0 Å². The molecule has 45 heavy (non-hydrogen) atoms. The lowest BCUT2D eigenvalue weighted by Crippen LogP contribution is -3.09. The number of thioether (sulfide) groups is 2. The fourth-order valence-corrected chi connectivity index (χ4v) is 9.67. The first-order chi connectivity index (χ1) is 21.5. The summed E-state index contributed by atoms with van der Waals surface area (Å²) in [6.45, 7) is 3.02. The molecule has 12 heteroatoms. The van der Waals surface area contributed by atoms with Crippen molar-refractivity contribution in [1.82, 2.24) is 0 Å². The molecule has 2 aliphatic heterocycles. The van der Waals surface area contributed by atoms with E-state index in [2.05, 4.69) is 72.5 Å². The Kier molecular flexibility index (Phi) is 9.36. The highest BCUT2D eigenvalue weighted by molar-refractivity contribution is 8.03. The van der Waals surface area contributed by atoms with Crippen LogP contribution in [0.2, 0.25) is 0 Å². The molecule has 4 aromatic rings. The third-order valence-electron chi connectivity index (χ3n) is 8.13. The smallest absolute Gasteiger partial charge is 0.264 e. The highest BCUT2D eigenvalue weighted by Gasteiger charge is 2.36. The zero-order valence-electron chi connectivity index (χ0n) is 24.7. The Hall–Kier alpha value is -2.84. The number of rotatable bonds is 11. The van der Waals surface area contributed by atoms with Crippen LogP contribution < -0.4 is 9.80 Å². The molecule has 6 rings (SSSR count). The quantitative estimate of drug-likeness (QED) is 0.185. The predicted molar refractivity (Wildman–Crippen MR) is 183 cm³/mol. The number of hydrogen-bond donors (Lipinski definition) is 2. The van der Waals surface area contributed by atoms with Crippen molar-refractivity contribution in [2.24, 2.45) is 0 Å². The van der Waals surface area contributed by atoms with Gasteiger partial charge in [0.15, 0.2) is 11.1 Å². The van der Waals surface area contributed by atoms with Gasteiger partial charge in [-0.15, -0.1) is 0 Å². The van der Waals surface area contributed by atoms with Crippen molar-refractivity contribution in [2.75, 3.05) is 29.5 Å². The van der Waals surface area contributed by atoms with Gasteiger partial charge in [0, 0.05) is 34.4 Å². The third-order valence-corrected chi connectivity index (χ3v) is 12.1. The van der Waals surface area contributed by atoms with Crippen LogP contribution in [0, 0.1) is 0 Å². The number of allylic oxidation sites excluding steroid dienone is 2. The summed E-state index contributed by atoms with van der Waals surface area (Å²) in [5, 5.41) is 5.35. The lowest BCUT2D eigenvalue weighted by molar-refractivity contribution is -0.834. The molecule has 8 nitrogen and oxygen atoms in total. The van der Waals surface area contributed by atoms with Crippen LogP contribution in [0.5, 0.6) is 0 Å². The topological polar surface area (TPSA) is 119 Å². The van der Waals surface area contributed by atoms with E-state index in [1.165, 1.54) is 0 Å². The van der Waals surface area contributed by atoms with E-state index in [4.69, 9.17) is 0 Å². The van der Waals surface area contributed by atoms with Crippen LogP contribution in [-0.4, -0.2) is 55.9 Å². The van der Waals surface area contributed by atoms with E-state index >= 15 is 0 Å². The molecule has 0 saturated heterocycles. The molecule has 0 aliphatic carbocycles. The number of fused-ring (bicyclic) bond motifs is 6. The van der Waals surface area contributed by atoms with Gasteiger partial charge >= 0.3 is 0 Å². The molecule has 4 aromatic carbocycles. The van der Waals surface area contributed by atoms with Gasteiger partial charge < -0.3 is 9.45 Å². The molecule has 0 amide bonds. The van der Waals surface area contributed by atoms with Crippen LogP contribution >= 0.6 is 23.5 Å². The fourth-order valence-electron chi connectivity index (χ4n) is 6.10. The Balaban J connectivity index is 1.37. The molecule has 0 fully saturated rings. The summed E-state index contributed by atoms with van der Waals surface area (Å²) >= 11 is 3.38. The number of nitrogens with one attached hydrogen (secondary N) is 1. The molecular weight excluding hydrogens is 649 g/mol. The maximum atomic E-state index is 11.6. The Morgan fingerprint density at radius 2 is 1.58 bits per heavy atom. The van der Waals surface area contributed by atoms with Gasteiger partial charge in [-0.25, -0.2) is 8.42 Å². The Bertz CT molecular complexity index is 2040. The number of hydrogen-bond acceptors (Lipinski definition) is 8. The lowest BCUT2D eigenvalue weighted by atomic mass is 10.1. The van der Waals surface area contributed by atoms with Crippen LogP contribution in [-0.2, 0) is 20.2 Å². The molecule has 2 unspecified atom stereocenters. The Morgan fingerprint density at radius 1 is 0.911 bits per heavy atom. The van der Waals surface area contributed by atoms with Crippen LogP contribution in [0.15, 0.2) is 105 Å². The van der Waals surface area contributed by atoms with E-state index in [1.807, 2.05) is 24.3 Å². The zero-order chi connectivity index (χ0) is 31.8. The van der Waals surface area contributed by atoms with E-state index in [-0.39, 0.29) is 24.0 Å². The third kappa shape index (κ3) is 7.27. The highest BCUT2D eigenvalue weighted by atomic mass is 32.2. The van der Waals surface area contributed by atoms with E-state index in [9.17, 15) is 25.9 Å². The lowest BCUT2D eigenvalue weighted by Gasteiger charge is -2.23. The van der Waals surface area contributed by atoms with Crippen LogP contribution in [0.4, 0.5) is 11.4 Å². The van der Waals surface area contributed by atoms with Gasteiger partial charge in [0.2, 0.25) is 0 Å². The zero-order valence-corrected chi connectivity index (χ0v) is 27.9. The monoisotopic (exact) mass is 682 g/mol. The van der Waals surface area contributed by atoms with Crippen LogP contribution in [0.25, 0.3) is 21.5 Å². The molecule has 2 N–H and O–H groups in total. The second-order valence-electron chi connectivity index (χ2n) is 11.2. The SMILES string of the molecule is CCC(=CC1Sc2ccc3ccccc3c2[NH+]1CCCS(=O)(=O)[O-])C=C1Sc2ccc3ccccc3c2N1CCCS(=O)(=O)O. The predicted octanol–water partition coefficient (Wildman–Crippen LogP) is 5.94. The molecule has 0 aromatic heterocycles. The molecule has 2 atom stereocenters. The Morgan fingerprint density at radius 3 is 2.27 bits per heavy atom. The minimum Gasteiger partial charge on any atom is -0.748 e. The molecule has 0 saturated carbocycles. The summed E-state index contributed by atoms with van der Waals surface area (Å²) in [6, 6.07) is 24.7. The molecule has 0 bridgehead atoms. The number of benzene rings is 4. The Labute approximate surface area is 272 Å². The average molecular weight is 683 g/mol. The first-order valence-corrected chi connectivity index (χ1v) is 19.7. The molecule has 2 heterocycles. The van der Waals surface area contributed by atoms with Gasteiger partial charge in [-0.1, -0.05) is 85.0 Å². The van der Waals surface area contributed by atoms with Crippen LogP contribution in [0.1, 0.15) is 26.2 Å². The standard InChI is InChI=1S/C33H34N2O6S4/c1-2-23(21-30-34(17-7-19-44(36,37)38)32-26-11-5-3-9-24(26)13-15-28(32)42-30)22-31-35(18-8-20-45(39,40)41)33-27-12-6-4-10-25(27)14-16-29(33)43-31/h3-6,9-16,21-22,30H,2,7-8,17-20H2,1H3,(H,36,37,38)(H,39,40,41). The van der Waals surface area contributed by atoms with Gasteiger partial charge in [0.25, 0.3) is 10.1 Å². The fraction of sp³-hybridized carbons (Fsp3) is 0.273. The van der Waals surface area contributed by atoms with Gasteiger partial charge in [-0.3, -0.25) is 9.45 Å². The molecular formula is C33H34N2O6S4. The summed E-state index contributed by atoms with van der Waals surface area (Å²) in [4.78, 5) is 5.50. The summed E-state index contributed by atoms with van der Waals surface area (Å²) < 4.78 is 66.9. The van der Waals surface area contributed by atoms with Crippen molar-refractivity contribution in [3.8, 4) is 0 Å². The van der Waals surface area contributed by atoms with Crippen molar-refractivity contribution in [3.63, 3.8) is 0 Å². The van der Waals surface area contributed by atoms with E-state index < -0.39 is 26.0 Å². The van der Waals surface area contributed by atoms with Crippen molar-refractivity contribution in [1.29, 1.82) is 0 Å². The van der Waals surface area contributed by atoms with E-state index in [0.29, 0.717) is 13.1 Å². The molecule has 0 spiro atoms. The minimum atomic E-state index is -4.32. The largest absolute Gasteiger partial charge is 0.748 e. The molecule has 2 aliphatic rings. The maximum Gasteiger partial charge on any atom is 0.264 e. The second kappa shape index (κ2) is 13.1. The van der Waals surface area contributed by atoms with Crippen molar-refractivity contribution in [3.05, 3.63) is 95.6 Å². The second-order valence-corrected chi connectivity index (χ2v) is 16.5. The molecule has 236 valence electrons. The summed E-state index contributed by atoms with van der Waals surface area (Å²) in [6.07, 6.45) is 5.68. The number of nitrogens with zero attached hydrogens (tertiary/aromatic N) is 1. The number of quaternary nitrogens is 1. The van der Waals surface area contributed by atoms with Gasteiger partial charge in [0.1, 0.15) is 0 Å². The minimum absolute atomic E-state index is 0.0328.